The molecule has 0 amide bonds. The van der Waals surface area contributed by atoms with Gasteiger partial charge in [-0.25, -0.2) is 8.78 Å². The van der Waals surface area contributed by atoms with Crippen molar-refractivity contribution in [1.82, 2.24) is 4.98 Å². The summed E-state index contributed by atoms with van der Waals surface area (Å²) in [5, 5.41) is 0. The van der Waals surface area contributed by atoms with Crippen LogP contribution in [0.5, 0.6) is 0 Å². The van der Waals surface area contributed by atoms with Crippen molar-refractivity contribution in [2.75, 3.05) is 0 Å². The van der Waals surface area contributed by atoms with Gasteiger partial charge in [-0.05, 0) is 50.5 Å². The molecule has 2 rings (SSSR count). The Morgan fingerprint density at radius 1 is 1.00 bits per heavy atom. The Morgan fingerprint density at radius 3 is 2.44 bits per heavy atom. The van der Waals surface area contributed by atoms with E-state index in [-0.39, 0.29) is 24.0 Å². The standard InChI is InChI=1S/C15H11F2N/c1-3-10-8-12(14(17)9-13(10)16)15-7-5-6-11(4-2)18-15/h1-2,5-9H,3-4H2. The molecule has 0 aliphatic carbocycles. The fourth-order valence-corrected chi connectivity index (χ4v) is 1.69. The second-order valence-corrected chi connectivity index (χ2v) is 3.85. The third kappa shape index (κ3) is 2.40. The molecule has 1 heterocycles. The van der Waals surface area contributed by atoms with Crippen molar-refractivity contribution in [3.05, 3.63) is 67.1 Å². The van der Waals surface area contributed by atoms with E-state index in [1.54, 1.807) is 18.2 Å². The molecule has 90 valence electrons. The zero-order valence-corrected chi connectivity index (χ0v) is 9.66. The monoisotopic (exact) mass is 243 g/mol. The Labute approximate surface area is 105 Å². The van der Waals surface area contributed by atoms with Gasteiger partial charge in [0.05, 0.1) is 5.69 Å². The summed E-state index contributed by atoms with van der Waals surface area (Å²) in [6.07, 6.45) is 0.274. The van der Waals surface area contributed by atoms with E-state index in [2.05, 4.69) is 4.98 Å². The highest BCUT2D eigenvalue weighted by molar-refractivity contribution is 5.61. The Bertz CT molecular complexity index is 564. The summed E-state index contributed by atoms with van der Waals surface area (Å²) < 4.78 is 27.1. The lowest BCUT2D eigenvalue weighted by Gasteiger charge is -2.07. The van der Waals surface area contributed by atoms with E-state index in [0.29, 0.717) is 11.4 Å². The number of benzene rings is 1. The Morgan fingerprint density at radius 2 is 1.78 bits per heavy atom. The number of hydrogen-bond donors (Lipinski definition) is 0. The molecular weight excluding hydrogens is 232 g/mol. The molecule has 0 aliphatic heterocycles. The van der Waals surface area contributed by atoms with E-state index in [1.807, 2.05) is 0 Å². The zero-order valence-electron chi connectivity index (χ0n) is 9.66. The second-order valence-electron chi connectivity index (χ2n) is 3.85. The first-order chi connectivity index (χ1) is 8.65. The molecule has 0 aliphatic rings. The van der Waals surface area contributed by atoms with Crippen molar-refractivity contribution >= 4 is 0 Å². The molecule has 0 saturated carbocycles. The largest absolute Gasteiger partial charge is 0.253 e. The fourth-order valence-electron chi connectivity index (χ4n) is 1.69. The molecule has 0 saturated heterocycles. The molecule has 1 aromatic carbocycles. The highest BCUT2D eigenvalue weighted by atomic mass is 19.1. The predicted octanol–water partition coefficient (Wildman–Crippen LogP) is 3.53. The van der Waals surface area contributed by atoms with Crippen LogP contribution in [0.4, 0.5) is 8.78 Å². The molecule has 1 aromatic heterocycles. The summed E-state index contributed by atoms with van der Waals surface area (Å²) in [6, 6.07) is 7.33. The van der Waals surface area contributed by atoms with Crippen LogP contribution in [0, 0.1) is 25.5 Å². The summed E-state index contributed by atoms with van der Waals surface area (Å²) in [7, 11) is 0. The maximum Gasteiger partial charge on any atom is 0.135 e. The number of nitrogens with zero attached hydrogens (tertiary/aromatic N) is 1. The van der Waals surface area contributed by atoms with Crippen LogP contribution < -0.4 is 0 Å². The highest BCUT2D eigenvalue weighted by Gasteiger charge is 2.11. The van der Waals surface area contributed by atoms with Gasteiger partial charge in [-0.15, -0.1) is 0 Å². The minimum Gasteiger partial charge on any atom is -0.253 e. The number of pyridine rings is 1. The number of hydrogen-bond acceptors (Lipinski definition) is 1. The van der Waals surface area contributed by atoms with Crippen LogP contribution in [0.3, 0.4) is 0 Å². The van der Waals surface area contributed by atoms with Gasteiger partial charge in [0.15, 0.2) is 0 Å². The number of aromatic nitrogens is 1. The topological polar surface area (TPSA) is 12.9 Å². The smallest absolute Gasteiger partial charge is 0.135 e. The van der Waals surface area contributed by atoms with E-state index in [1.165, 1.54) is 6.07 Å². The lowest BCUT2D eigenvalue weighted by molar-refractivity contribution is 0.577. The second kappa shape index (κ2) is 5.25. The van der Waals surface area contributed by atoms with Gasteiger partial charge >= 0.3 is 0 Å². The van der Waals surface area contributed by atoms with Gasteiger partial charge in [-0.1, -0.05) is 6.07 Å². The zero-order chi connectivity index (χ0) is 13.1. The van der Waals surface area contributed by atoms with E-state index in [9.17, 15) is 8.78 Å². The molecule has 0 spiro atoms. The van der Waals surface area contributed by atoms with E-state index < -0.39 is 11.6 Å². The highest BCUT2D eigenvalue weighted by Crippen LogP contribution is 2.24. The van der Waals surface area contributed by atoms with E-state index >= 15 is 0 Å². The van der Waals surface area contributed by atoms with Crippen LogP contribution in [0.25, 0.3) is 11.3 Å². The Kier molecular flexibility index (Phi) is 3.70. The van der Waals surface area contributed by atoms with Crippen LogP contribution in [0.1, 0.15) is 11.3 Å². The van der Waals surface area contributed by atoms with Gasteiger partial charge < -0.3 is 0 Å². The summed E-state index contributed by atoms with van der Waals surface area (Å²) in [4.78, 5) is 4.20. The normalized spacial score (nSPS) is 10.7. The van der Waals surface area contributed by atoms with Crippen molar-refractivity contribution < 1.29 is 8.78 Å². The molecule has 1 nitrogen and oxygen atoms in total. The third-order valence-electron chi connectivity index (χ3n) is 2.65. The van der Waals surface area contributed by atoms with E-state index in [0.717, 1.165) is 6.07 Å². The van der Waals surface area contributed by atoms with Crippen molar-refractivity contribution in [3.8, 4) is 11.3 Å². The van der Waals surface area contributed by atoms with Gasteiger partial charge in [-0.3, -0.25) is 4.98 Å². The lowest BCUT2D eigenvalue weighted by atomic mass is 10.0. The molecule has 18 heavy (non-hydrogen) atoms. The average Bonchev–Trinajstić information content (AvgIpc) is 2.39. The predicted molar refractivity (Wildman–Crippen MR) is 65.6 cm³/mol. The van der Waals surface area contributed by atoms with Crippen LogP contribution in [-0.2, 0) is 12.8 Å². The number of rotatable bonds is 3. The molecular formula is C15H11F2N. The molecule has 0 N–H and O–H groups in total. The lowest BCUT2D eigenvalue weighted by Crippen LogP contribution is -1.96. The first kappa shape index (κ1) is 12.7. The van der Waals surface area contributed by atoms with Crippen LogP contribution in [0.2, 0.25) is 0 Å². The molecule has 0 atom stereocenters. The SMILES string of the molecule is [CH]Cc1cccc(-c2cc(C[CH])c(F)cc2F)n1. The first-order valence-corrected chi connectivity index (χ1v) is 5.50. The third-order valence-corrected chi connectivity index (χ3v) is 2.65. The summed E-state index contributed by atoms with van der Waals surface area (Å²) in [6.45, 7) is 10.9. The van der Waals surface area contributed by atoms with Gasteiger partial charge in [0, 0.05) is 17.3 Å². The van der Waals surface area contributed by atoms with Crippen molar-refractivity contribution in [1.29, 1.82) is 0 Å². The summed E-state index contributed by atoms with van der Waals surface area (Å²) in [5.41, 5.74) is 1.55. The quantitative estimate of drug-likeness (QED) is 0.803. The minimum atomic E-state index is -0.661. The van der Waals surface area contributed by atoms with Crippen LogP contribution in [0.15, 0.2) is 30.3 Å². The number of halogens is 2. The van der Waals surface area contributed by atoms with E-state index in [4.69, 9.17) is 13.8 Å². The van der Waals surface area contributed by atoms with Crippen molar-refractivity contribution in [2.45, 2.75) is 12.8 Å². The van der Waals surface area contributed by atoms with Crippen LogP contribution in [-0.4, -0.2) is 4.98 Å². The summed E-state index contributed by atoms with van der Waals surface area (Å²) >= 11 is 0. The summed E-state index contributed by atoms with van der Waals surface area (Å²) in [5.74, 6) is -1.31. The van der Waals surface area contributed by atoms with Gasteiger partial charge in [0.2, 0.25) is 0 Å². The van der Waals surface area contributed by atoms with Gasteiger partial charge in [0.1, 0.15) is 11.6 Å². The molecule has 3 heteroatoms. The van der Waals surface area contributed by atoms with Crippen molar-refractivity contribution in [2.24, 2.45) is 0 Å². The molecule has 0 bridgehead atoms. The van der Waals surface area contributed by atoms with Gasteiger partial charge in [0.25, 0.3) is 0 Å². The fraction of sp³-hybridized carbons (Fsp3) is 0.133. The molecule has 4 radical (unpaired) electrons. The van der Waals surface area contributed by atoms with Crippen LogP contribution >= 0.6 is 0 Å². The Balaban J connectivity index is 2.55. The molecule has 0 fully saturated rings. The first-order valence-electron chi connectivity index (χ1n) is 5.50. The maximum absolute atomic E-state index is 13.7. The average molecular weight is 243 g/mol. The van der Waals surface area contributed by atoms with Crippen molar-refractivity contribution in [3.63, 3.8) is 0 Å². The Hall–Kier alpha value is -1.77. The molecule has 2 aromatic rings. The molecule has 0 unspecified atom stereocenters. The minimum absolute atomic E-state index is 0.00962. The maximum atomic E-state index is 13.7. The van der Waals surface area contributed by atoms with Gasteiger partial charge in [-0.2, -0.15) is 0 Å².